The maximum Gasteiger partial charge on any atom is 0.225 e. The minimum Gasteiger partial charge on any atom is -0.341 e. The van der Waals surface area contributed by atoms with Gasteiger partial charge in [0.05, 0.1) is 10.7 Å². The molecule has 0 bridgehead atoms. The fraction of sp³-hybridized carbons (Fsp3) is 0.588. The third-order valence-electron chi connectivity index (χ3n) is 5.23. The van der Waals surface area contributed by atoms with E-state index < -0.39 is 0 Å². The zero-order valence-corrected chi connectivity index (χ0v) is 14.4. The summed E-state index contributed by atoms with van der Waals surface area (Å²) in [6, 6.07) is 1.88. The van der Waals surface area contributed by atoms with Crippen molar-refractivity contribution in [1.82, 2.24) is 19.9 Å². The van der Waals surface area contributed by atoms with E-state index in [0.717, 1.165) is 25.6 Å². The summed E-state index contributed by atoms with van der Waals surface area (Å²) in [7, 11) is 0. The fourth-order valence-electron chi connectivity index (χ4n) is 3.92. The van der Waals surface area contributed by atoms with Crippen LogP contribution >= 0.6 is 11.3 Å². The molecule has 2 aliphatic heterocycles. The van der Waals surface area contributed by atoms with Gasteiger partial charge < -0.3 is 4.90 Å². The molecule has 2 aromatic rings. The lowest BCUT2D eigenvalue weighted by atomic mass is 9.78. The molecule has 0 amide bonds. The van der Waals surface area contributed by atoms with E-state index in [1.807, 2.05) is 18.5 Å². The monoisotopic (exact) mass is 329 g/mol. The lowest BCUT2D eigenvalue weighted by Crippen LogP contribution is -2.42. The maximum absolute atomic E-state index is 4.61. The first-order chi connectivity index (χ1) is 11.2. The van der Waals surface area contributed by atoms with E-state index >= 15 is 0 Å². The summed E-state index contributed by atoms with van der Waals surface area (Å²) in [6.45, 7) is 7.67. The van der Waals surface area contributed by atoms with Crippen LogP contribution in [0.4, 0.5) is 5.95 Å². The lowest BCUT2D eigenvalue weighted by molar-refractivity contribution is 0.204. The number of likely N-dealkylation sites (tertiary alicyclic amines) is 1. The molecule has 0 aliphatic carbocycles. The summed E-state index contributed by atoms with van der Waals surface area (Å²) >= 11 is 1.75. The van der Waals surface area contributed by atoms with E-state index in [1.54, 1.807) is 11.3 Å². The second kappa shape index (κ2) is 6.17. The van der Waals surface area contributed by atoms with E-state index in [9.17, 15) is 0 Å². The molecule has 0 N–H and O–H groups in total. The number of piperidine rings is 1. The van der Waals surface area contributed by atoms with Crippen LogP contribution in [0.5, 0.6) is 0 Å². The summed E-state index contributed by atoms with van der Waals surface area (Å²) in [4.78, 5) is 18.3. The Morgan fingerprint density at radius 1 is 1.13 bits per heavy atom. The average Bonchev–Trinajstić information content (AvgIpc) is 3.16. The smallest absolute Gasteiger partial charge is 0.225 e. The molecule has 2 aromatic heterocycles. The number of thiazole rings is 1. The minimum atomic E-state index is 0.496. The normalized spacial score (nSPS) is 21.2. The Bertz CT molecular complexity index is 648. The highest BCUT2D eigenvalue weighted by Gasteiger charge is 2.40. The molecule has 2 saturated heterocycles. The van der Waals surface area contributed by atoms with E-state index in [4.69, 9.17) is 0 Å². The van der Waals surface area contributed by atoms with Crippen LogP contribution < -0.4 is 4.90 Å². The van der Waals surface area contributed by atoms with Crippen LogP contribution in [0.25, 0.3) is 0 Å². The van der Waals surface area contributed by atoms with Gasteiger partial charge in [0, 0.05) is 44.0 Å². The van der Waals surface area contributed by atoms with Crippen molar-refractivity contribution >= 4 is 17.3 Å². The molecule has 0 aromatic carbocycles. The molecule has 23 heavy (non-hydrogen) atoms. The molecule has 2 fully saturated rings. The van der Waals surface area contributed by atoms with Gasteiger partial charge in [-0.3, -0.25) is 4.90 Å². The molecule has 0 unspecified atom stereocenters. The van der Waals surface area contributed by atoms with Crippen LogP contribution in [0, 0.1) is 12.3 Å². The van der Waals surface area contributed by atoms with Crippen molar-refractivity contribution in [3.63, 3.8) is 0 Å². The second-order valence-electron chi connectivity index (χ2n) is 6.85. The van der Waals surface area contributed by atoms with E-state index in [2.05, 4.69) is 37.1 Å². The number of nitrogens with zero attached hydrogens (tertiary/aromatic N) is 5. The van der Waals surface area contributed by atoms with Gasteiger partial charge in [-0.25, -0.2) is 15.0 Å². The molecule has 122 valence electrons. The van der Waals surface area contributed by atoms with Crippen molar-refractivity contribution in [3.8, 4) is 0 Å². The van der Waals surface area contributed by atoms with Crippen molar-refractivity contribution < 1.29 is 0 Å². The van der Waals surface area contributed by atoms with Gasteiger partial charge in [-0.05, 0) is 44.2 Å². The molecule has 4 heterocycles. The summed E-state index contributed by atoms with van der Waals surface area (Å²) in [5.41, 5.74) is 1.73. The zero-order chi connectivity index (χ0) is 15.7. The zero-order valence-electron chi connectivity index (χ0n) is 13.6. The predicted octanol–water partition coefficient (Wildman–Crippen LogP) is 2.73. The number of aromatic nitrogens is 3. The van der Waals surface area contributed by atoms with Crippen molar-refractivity contribution in [2.75, 3.05) is 31.1 Å². The molecule has 0 atom stereocenters. The Morgan fingerprint density at radius 2 is 1.87 bits per heavy atom. The first-order valence-corrected chi connectivity index (χ1v) is 9.26. The van der Waals surface area contributed by atoms with Crippen molar-refractivity contribution in [2.24, 2.45) is 5.41 Å². The Balaban J connectivity index is 1.34. The summed E-state index contributed by atoms with van der Waals surface area (Å²) in [5, 5.41) is 3.38. The minimum absolute atomic E-state index is 0.496. The van der Waals surface area contributed by atoms with Crippen molar-refractivity contribution in [1.29, 1.82) is 0 Å². The van der Waals surface area contributed by atoms with Gasteiger partial charge in [0.2, 0.25) is 5.95 Å². The second-order valence-corrected chi connectivity index (χ2v) is 7.92. The first-order valence-electron chi connectivity index (χ1n) is 8.38. The Kier molecular flexibility index (Phi) is 4.03. The fourth-order valence-corrected chi connectivity index (χ4v) is 4.52. The Labute approximate surface area is 141 Å². The highest BCUT2D eigenvalue weighted by molar-refractivity contribution is 7.09. The van der Waals surface area contributed by atoms with Gasteiger partial charge in [0.15, 0.2) is 0 Å². The van der Waals surface area contributed by atoms with Crippen LogP contribution in [0.3, 0.4) is 0 Å². The largest absolute Gasteiger partial charge is 0.341 e. The number of aryl methyl sites for hydroxylation is 1. The molecule has 0 radical (unpaired) electrons. The van der Waals surface area contributed by atoms with E-state index in [1.165, 1.54) is 43.1 Å². The van der Waals surface area contributed by atoms with Crippen LogP contribution in [-0.2, 0) is 6.54 Å². The number of anilines is 1. The van der Waals surface area contributed by atoms with Gasteiger partial charge in [-0.2, -0.15) is 0 Å². The average molecular weight is 329 g/mol. The maximum atomic E-state index is 4.61. The number of hydrogen-bond donors (Lipinski definition) is 0. The highest BCUT2D eigenvalue weighted by atomic mass is 32.1. The summed E-state index contributed by atoms with van der Waals surface area (Å²) in [5.74, 6) is 0.884. The number of rotatable bonds is 3. The SMILES string of the molecule is Cc1nc(CN2CCC3(CCN(c4ncccn4)CC3)C2)cs1. The molecular weight excluding hydrogens is 306 g/mol. The molecule has 1 spiro atoms. The molecule has 0 saturated carbocycles. The predicted molar refractivity (Wildman–Crippen MR) is 92.7 cm³/mol. The van der Waals surface area contributed by atoms with Gasteiger partial charge >= 0.3 is 0 Å². The number of hydrogen-bond acceptors (Lipinski definition) is 6. The Morgan fingerprint density at radius 3 is 2.57 bits per heavy atom. The van der Waals surface area contributed by atoms with Gasteiger partial charge in [0.25, 0.3) is 0 Å². The quantitative estimate of drug-likeness (QED) is 0.866. The standard InChI is InChI=1S/C17H23N5S/c1-14-20-15(12-23-14)11-21-8-3-17(13-21)4-9-22(10-5-17)16-18-6-2-7-19-16/h2,6-7,12H,3-5,8-11,13H2,1H3. The lowest BCUT2D eigenvalue weighted by Gasteiger charge is -2.39. The van der Waals surface area contributed by atoms with Crippen LogP contribution in [0.1, 0.15) is 30.0 Å². The molecule has 6 heteroatoms. The topological polar surface area (TPSA) is 45.2 Å². The molecule has 2 aliphatic rings. The Hall–Kier alpha value is -1.53. The third kappa shape index (κ3) is 3.23. The van der Waals surface area contributed by atoms with Gasteiger partial charge in [0.1, 0.15) is 0 Å². The highest BCUT2D eigenvalue weighted by Crippen LogP contribution is 2.41. The molecule has 4 rings (SSSR count). The summed E-state index contributed by atoms with van der Waals surface area (Å²) in [6.07, 6.45) is 7.48. The van der Waals surface area contributed by atoms with Crippen molar-refractivity contribution in [3.05, 3.63) is 34.5 Å². The van der Waals surface area contributed by atoms with E-state index in [0.29, 0.717) is 5.41 Å². The van der Waals surface area contributed by atoms with Crippen molar-refractivity contribution in [2.45, 2.75) is 32.7 Å². The molecular formula is C17H23N5S. The van der Waals surface area contributed by atoms with E-state index in [-0.39, 0.29) is 0 Å². The molecule has 5 nitrogen and oxygen atoms in total. The third-order valence-corrected chi connectivity index (χ3v) is 6.05. The van der Waals surface area contributed by atoms with Crippen LogP contribution in [-0.4, -0.2) is 46.0 Å². The first kappa shape index (κ1) is 15.0. The van der Waals surface area contributed by atoms with Crippen LogP contribution in [0.15, 0.2) is 23.8 Å². The summed E-state index contributed by atoms with van der Waals surface area (Å²) < 4.78 is 0. The van der Waals surface area contributed by atoms with Gasteiger partial charge in [-0.1, -0.05) is 0 Å². The van der Waals surface area contributed by atoms with Gasteiger partial charge in [-0.15, -0.1) is 11.3 Å². The van der Waals surface area contributed by atoms with Crippen LogP contribution in [0.2, 0.25) is 0 Å².